The maximum absolute atomic E-state index is 3.72. The molecule has 0 nitrogen and oxygen atoms in total. The number of rotatable bonds is 11. The molecule has 0 aromatic heterocycles. The summed E-state index contributed by atoms with van der Waals surface area (Å²) in [5.74, 6) is 1.20. The Bertz CT molecular complexity index is 1910. The molecule has 0 radical (unpaired) electrons. The van der Waals surface area contributed by atoms with Gasteiger partial charge in [-0.25, -0.2) is 0 Å². The van der Waals surface area contributed by atoms with Crippen LogP contribution in [0.2, 0.25) is 8.26 Å². The molecule has 0 aliphatic heterocycles. The van der Waals surface area contributed by atoms with Crippen LogP contribution in [0.3, 0.4) is 0 Å². The van der Waals surface area contributed by atoms with Crippen molar-refractivity contribution in [2.45, 2.75) is 102 Å². The van der Waals surface area contributed by atoms with E-state index in [0.29, 0.717) is 19.1 Å². The van der Waals surface area contributed by atoms with Crippen molar-refractivity contribution in [2.24, 2.45) is 0 Å². The summed E-state index contributed by atoms with van der Waals surface area (Å²) in [5.41, 5.74) is 17.9. The number of hydrogen-bond donors (Lipinski definition) is 0. The largest absolute Gasteiger partial charge is 0.147 e. The molecule has 6 rings (SSSR count). The molecule has 2 aliphatic carbocycles. The average molecular weight is 789 g/mol. The van der Waals surface area contributed by atoms with E-state index in [2.05, 4.69) is 159 Å². The van der Waals surface area contributed by atoms with Crippen LogP contribution in [0.5, 0.6) is 0 Å². The Morgan fingerprint density at radius 2 is 1.02 bits per heavy atom. The second kappa shape index (κ2) is 15.7. The Kier molecular flexibility index (Phi) is 12.8. The summed E-state index contributed by atoms with van der Waals surface area (Å²) >= 11 is -3.72. The Morgan fingerprint density at radius 3 is 1.43 bits per heavy atom. The van der Waals surface area contributed by atoms with E-state index in [1.165, 1.54) is 65.6 Å². The Hall–Kier alpha value is -1.96. The molecule has 2 aliphatic rings. The van der Waals surface area contributed by atoms with Gasteiger partial charge in [-0.05, 0) is 0 Å². The van der Waals surface area contributed by atoms with Crippen LogP contribution in [-0.4, -0.2) is 6.88 Å². The minimum atomic E-state index is -3.72. The Balaban J connectivity index is 0.00000270. The van der Waals surface area contributed by atoms with E-state index in [1.54, 1.807) is 22.3 Å². The van der Waals surface area contributed by atoms with Crippen molar-refractivity contribution < 1.29 is 17.4 Å². The Morgan fingerprint density at radius 1 is 0.592 bits per heavy atom. The third kappa shape index (κ3) is 6.63. The third-order valence-electron chi connectivity index (χ3n) is 13.0. The van der Waals surface area contributed by atoms with Crippen LogP contribution in [0.1, 0.15) is 127 Å². The first kappa shape index (κ1) is 39.8. The van der Waals surface area contributed by atoms with Crippen LogP contribution >= 0.6 is 24.8 Å². The minimum absolute atomic E-state index is 0. The van der Waals surface area contributed by atoms with E-state index in [0.717, 1.165) is 6.42 Å². The van der Waals surface area contributed by atoms with Crippen molar-refractivity contribution >= 4 is 43.8 Å². The van der Waals surface area contributed by atoms with Crippen LogP contribution in [0, 0.1) is 0 Å². The minimum Gasteiger partial charge on any atom is -0.147 e. The predicted octanol–water partition coefficient (Wildman–Crippen LogP) is 14.0. The van der Waals surface area contributed by atoms with Crippen molar-refractivity contribution in [3.05, 3.63) is 129 Å². The normalized spacial score (nSPS) is 18.0. The van der Waals surface area contributed by atoms with Gasteiger partial charge >= 0.3 is 290 Å². The topological polar surface area (TPSA) is 0 Å². The number of halogens is 2. The smallest absolute Gasteiger partial charge is 0.147 e. The quantitative estimate of drug-likeness (QED) is 0.133. The van der Waals surface area contributed by atoms with Gasteiger partial charge in [0.1, 0.15) is 0 Å². The van der Waals surface area contributed by atoms with E-state index in [-0.39, 0.29) is 24.8 Å². The molecule has 0 heterocycles. The first-order valence-electron chi connectivity index (χ1n) is 18.5. The van der Waals surface area contributed by atoms with E-state index < -0.39 is 17.4 Å². The summed E-state index contributed by atoms with van der Waals surface area (Å²) < 4.78 is 3.79. The third-order valence-corrected chi connectivity index (χ3v) is 43.9. The molecule has 4 aromatic carbocycles. The zero-order chi connectivity index (χ0) is 33.5. The van der Waals surface area contributed by atoms with Gasteiger partial charge in [0.2, 0.25) is 0 Å². The van der Waals surface area contributed by atoms with Crippen LogP contribution in [0.4, 0.5) is 0 Å². The molecule has 4 atom stereocenters. The molecule has 0 amide bonds. The van der Waals surface area contributed by atoms with Gasteiger partial charge in [-0.1, -0.05) is 0 Å². The van der Waals surface area contributed by atoms with Gasteiger partial charge < -0.3 is 0 Å². The molecular formula is C45H58Cl2SiZr. The van der Waals surface area contributed by atoms with Crippen molar-refractivity contribution in [3.63, 3.8) is 0 Å². The van der Waals surface area contributed by atoms with Crippen molar-refractivity contribution in [3.8, 4) is 22.3 Å². The van der Waals surface area contributed by atoms with E-state index >= 15 is 0 Å². The van der Waals surface area contributed by atoms with Crippen LogP contribution < -0.4 is 0 Å². The summed E-state index contributed by atoms with van der Waals surface area (Å²) in [7, 11) is 0. The molecule has 0 N–H and O–H groups in total. The van der Waals surface area contributed by atoms with Gasteiger partial charge in [0.25, 0.3) is 0 Å². The van der Waals surface area contributed by atoms with E-state index in [1.807, 2.05) is 0 Å². The van der Waals surface area contributed by atoms with Crippen molar-refractivity contribution in [2.75, 3.05) is 0 Å². The fourth-order valence-corrected chi connectivity index (χ4v) is 33.3. The number of hydrogen-bond acceptors (Lipinski definition) is 0. The molecule has 4 heteroatoms. The monoisotopic (exact) mass is 786 g/mol. The molecule has 4 unspecified atom stereocenters. The second-order valence-corrected chi connectivity index (χ2v) is 42.7. The van der Waals surface area contributed by atoms with E-state index in [4.69, 9.17) is 0 Å². The maximum Gasteiger partial charge on any atom is -0.147 e. The predicted molar refractivity (Wildman–Crippen MR) is 223 cm³/mol. The van der Waals surface area contributed by atoms with E-state index in [9.17, 15) is 0 Å². The fraction of sp³-hybridized carbons (Fsp3) is 0.378. The summed E-state index contributed by atoms with van der Waals surface area (Å²) in [4.78, 5) is 0. The number of fused-ring (bicyclic) bond motifs is 2. The zero-order valence-corrected chi connectivity index (χ0v) is 36.6. The van der Waals surface area contributed by atoms with Crippen molar-refractivity contribution in [1.82, 2.24) is 0 Å². The van der Waals surface area contributed by atoms with Gasteiger partial charge in [-0.15, -0.1) is 24.8 Å². The summed E-state index contributed by atoms with van der Waals surface area (Å²) in [6, 6.07) is 33.4. The average Bonchev–Trinajstić information content (AvgIpc) is 3.69. The van der Waals surface area contributed by atoms with Gasteiger partial charge in [0, 0.05) is 0 Å². The zero-order valence-electron chi connectivity index (χ0n) is 31.1. The molecule has 0 spiro atoms. The molecule has 4 aromatic rings. The van der Waals surface area contributed by atoms with Crippen LogP contribution in [0.15, 0.2) is 96.1 Å². The first-order valence-corrected chi connectivity index (χ1v) is 30.8. The summed E-state index contributed by atoms with van der Waals surface area (Å²) in [6.07, 6.45) is 8.70. The van der Waals surface area contributed by atoms with Gasteiger partial charge in [0.05, 0.1) is 0 Å². The molecule has 260 valence electrons. The fourth-order valence-electron chi connectivity index (χ4n) is 9.47. The number of allylic oxidation sites excluding steroid dienone is 2. The standard InChI is InChI=1S/C21H23.C20H21.2C2H5.2ClH.H2Si.Zr/c1-4-15(3)17-9-11-18(12-10-17)20-8-6-7-19-13-16(5-2)14-21(19)20;1-4-15(3)16-8-10-17(11-9-16)19-7-5-6-18-12-14(2)13-20(18)19;2*1-2;;;;/h6-15H,4-5H2,1-3H3;5-13,15H,4H2,1-3H3;2*1H2,2H3;2*1H;1H2;. The Labute approximate surface area is 312 Å². The van der Waals surface area contributed by atoms with Gasteiger partial charge in [-0.2, -0.15) is 0 Å². The van der Waals surface area contributed by atoms with Gasteiger partial charge in [0.15, 0.2) is 0 Å². The molecule has 0 saturated heterocycles. The molecule has 0 saturated carbocycles. The molecular weight excluding hydrogens is 731 g/mol. The van der Waals surface area contributed by atoms with Crippen LogP contribution in [0.25, 0.3) is 34.4 Å². The molecule has 49 heavy (non-hydrogen) atoms. The van der Waals surface area contributed by atoms with Crippen molar-refractivity contribution in [1.29, 1.82) is 0 Å². The summed E-state index contributed by atoms with van der Waals surface area (Å²) in [5, 5.41) is 0. The van der Waals surface area contributed by atoms with Gasteiger partial charge in [-0.3, -0.25) is 0 Å². The number of benzene rings is 4. The first-order chi connectivity index (χ1) is 22.6. The molecule has 0 bridgehead atoms. The van der Waals surface area contributed by atoms with Crippen LogP contribution in [-0.2, 0) is 17.4 Å². The molecule has 0 fully saturated rings. The summed E-state index contributed by atoms with van der Waals surface area (Å²) in [6.45, 7) is 21.8. The SMILES string of the molecule is CCC1=Cc2c(-c3ccc(C(C)CC)cc3)cccc2[CH]1[Zr](=[SiH2])([CH2]C)([CH2]C)[CH]1C(C)=Cc2c(-c3ccc(C(C)CC)cc3)cccc21.Cl.Cl. The second-order valence-electron chi connectivity index (χ2n) is 15.2. The maximum atomic E-state index is 2.63.